The Kier molecular flexibility index (Phi) is 6.07. The fraction of sp³-hybridized carbons (Fsp3) is 0.500. The first kappa shape index (κ1) is 18.9. The summed E-state index contributed by atoms with van der Waals surface area (Å²) >= 11 is 0. The summed E-state index contributed by atoms with van der Waals surface area (Å²) in [6.07, 6.45) is -0.654. The van der Waals surface area contributed by atoms with Gasteiger partial charge < -0.3 is 10.1 Å². The lowest BCUT2D eigenvalue weighted by Gasteiger charge is -2.28. The largest absolute Gasteiger partial charge is 0.444 e. The maximum absolute atomic E-state index is 12.1. The average molecular weight is 319 g/mol. The summed E-state index contributed by atoms with van der Waals surface area (Å²) in [6.45, 7) is 9.84. The van der Waals surface area contributed by atoms with Gasteiger partial charge in [-0.15, -0.1) is 0 Å². The molecule has 0 heterocycles. The number of rotatable bonds is 5. The van der Waals surface area contributed by atoms with E-state index in [-0.39, 0.29) is 11.6 Å². The average Bonchev–Trinajstić information content (AvgIpc) is 2.35. The number of carbonyl (C=O) groups excluding carboxylic acids is 3. The van der Waals surface area contributed by atoms with Crippen molar-refractivity contribution in [3.63, 3.8) is 0 Å². The van der Waals surface area contributed by atoms with Crippen LogP contribution < -0.4 is 5.32 Å². The van der Waals surface area contributed by atoms with E-state index in [4.69, 9.17) is 4.74 Å². The van der Waals surface area contributed by atoms with Crippen LogP contribution in [0.1, 0.15) is 51.8 Å². The lowest BCUT2D eigenvalue weighted by atomic mass is 9.85. The molecule has 5 heteroatoms. The Morgan fingerprint density at radius 2 is 1.57 bits per heavy atom. The second-order valence-corrected chi connectivity index (χ2v) is 6.68. The van der Waals surface area contributed by atoms with Gasteiger partial charge in [0.25, 0.3) is 0 Å². The van der Waals surface area contributed by atoms with Gasteiger partial charge in [-0.1, -0.05) is 24.3 Å². The van der Waals surface area contributed by atoms with Crippen molar-refractivity contribution in [2.75, 3.05) is 0 Å². The fourth-order valence-corrected chi connectivity index (χ4v) is 2.47. The van der Waals surface area contributed by atoms with Crippen molar-refractivity contribution in [2.45, 2.75) is 53.2 Å². The van der Waals surface area contributed by atoms with Crippen molar-refractivity contribution in [1.82, 2.24) is 5.32 Å². The molecule has 1 rings (SSSR count). The highest BCUT2D eigenvalue weighted by atomic mass is 16.6. The molecule has 0 aliphatic heterocycles. The molecule has 0 saturated heterocycles. The summed E-state index contributed by atoms with van der Waals surface area (Å²) in [5.41, 5.74) is 0.956. The lowest BCUT2D eigenvalue weighted by Crippen LogP contribution is -2.42. The van der Waals surface area contributed by atoms with Gasteiger partial charge >= 0.3 is 6.09 Å². The van der Waals surface area contributed by atoms with Crippen LogP contribution in [-0.4, -0.2) is 23.3 Å². The molecule has 0 bridgehead atoms. The summed E-state index contributed by atoms with van der Waals surface area (Å²) < 4.78 is 5.27. The topological polar surface area (TPSA) is 72.5 Å². The Bertz CT molecular complexity index is 587. The molecule has 0 saturated carbocycles. The minimum Gasteiger partial charge on any atom is -0.444 e. The number of Topliss-reactive ketones (excluding diaryl/α,β-unsaturated/α-hetero) is 2. The van der Waals surface area contributed by atoms with Crippen LogP contribution in [0.3, 0.4) is 0 Å². The van der Waals surface area contributed by atoms with Gasteiger partial charge in [0.1, 0.15) is 23.1 Å². The first-order chi connectivity index (χ1) is 10.5. The highest BCUT2D eigenvalue weighted by molar-refractivity contribution is 6.01. The summed E-state index contributed by atoms with van der Waals surface area (Å²) in [7, 11) is 0. The smallest absolute Gasteiger partial charge is 0.408 e. The fourth-order valence-electron chi connectivity index (χ4n) is 2.47. The van der Waals surface area contributed by atoms with Gasteiger partial charge in [-0.05, 0) is 52.7 Å². The van der Waals surface area contributed by atoms with Gasteiger partial charge in [0.05, 0.1) is 6.04 Å². The van der Waals surface area contributed by atoms with Crippen molar-refractivity contribution in [1.29, 1.82) is 0 Å². The molecule has 0 radical (unpaired) electrons. The number of nitrogens with one attached hydrogen (secondary N) is 1. The molecule has 1 N–H and O–H groups in total. The van der Waals surface area contributed by atoms with Crippen LogP contribution in [0, 0.1) is 12.8 Å². The molecule has 1 atom stereocenters. The number of aryl methyl sites for hydroxylation is 1. The molecule has 1 unspecified atom stereocenters. The van der Waals surface area contributed by atoms with Crippen LogP contribution in [0.4, 0.5) is 4.79 Å². The van der Waals surface area contributed by atoms with E-state index >= 15 is 0 Å². The van der Waals surface area contributed by atoms with E-state index in [9.17, 15) is 14.4 Å². The second kappa shape index (κ2) is 7.40. The van der Waals surface area contributed by atoms with E-state index in [1.54, 1.807) is 26.8 Å². The van der Waals surface area contributed by atoms with E-state index in [1.165, 1.54) is 13.8 Å². The third kappa shape index (κ3) is 5.51. The predicted molar refractivity (Wildman–Crippen MR) is 88.1 cm³/mol. The summed E-state index contributed by atoms with van der Waals surface area (Å²) in [5, 5.41) is 2.69. The summed E-state index contributed by atoms with van der Waals surface area (Å²) in [6, 6.07) is 6.59. The first-order valence-electron chi connectivity index (χ1n) is 7.59. The van der Waals surface area contributed by atoms with E-state index in [0.717, 1.165) is 11.1 Å². The highest BCUT2D eigenvalue weighted by Crippen LogP contribution is 2.27. The van der Waals surface area contributed by atoms with Crippen LogP contribution in [0.15, 0.2) is 24.3 Å². The maximum atomic E-state index is 12.1. The second-order valence-electron chi connectivity index (χ2n) is 6.68. The molecule has 0 aliphatic rings. The molecule has 1 aromatic rings. The molecule has 1 aromatic carbocycles. The number of ether oxygens (including phenoxy) is 1. The maximum Gasteiger partial charge on any atom is 0.408 e. The van der Waals surface area contributed by atoms with E-state index in [0.29, 0.717) is 0 Å². The van der Waals surface area contributed by atoms with Gasteiger partial charge in [0, 0.05) is 0 Å². The zero-order chi connectivity index (χ0) is 17.8. The first-order valence-corrected chi connectivity index (χ1v) is 7.59. The zero-order valence-electron chi connectivity index (χ0n) is 14.6. The Morgan fingerprint density at radius 3 is 2.00 bits per heavy atom. The van der Waals surface area contributed by atoms with Gasteiger partial charge in [-0.25, -0.2) is 4.79 Å². The standard InChI is InChI=1S/C18H25NO4/c1-11-9-7-8-10-14(11)16(15(12(2)20)13(3)21)19-17(22)23-18(4,5)6/h7-10,15-16H,1-6H3,(H,19,22). The van der Waals surface area contributed by atoms with Gasteiger partial charge in [0.2, 0.25) is 0 Å². The molecule has 5 nitrogen and oxygen atoms in total. The monoisotopic (exact) mass is 319 g/mol. The molecular weight excluding hydrogens is 294 g/mol. The van der Waals surface area contributed by atoms with Gasteiger partial charge in [-0.2, -0.15) is 0 Å². The lowest BCUT2D eigenvalue weighted by molar-refractivity contribution is -0.131. The predicted octanol–water partition coefficient (Wildman–Crippen LogP) is 3.36. The van der Waals surface area contributed by atoms with Crippen LogP contribution in [0.5, 0.6) is 0 Å². The van der Waals surface area contributed by atoms with Crippen molar-refractivity contribution in [3.05, 3.63) is 35.4 Å². The SMILES string of the molecule is CC(=O)C(C(C)=O)C(NC(=O)OC(C)(C)C)c1ccccc1C. The Morgan fingerprint density at radius 1 is 1.04 bits per heavy atom. The zero-order valence-corrected chi connectivity index (χ0v) is 14.6. The number of benzene rings is 1. The molecular formula is C18H25NO4. The van der Waals surface area contributed by atoms with Gasteiger partial charge in [-0.3, -0.25) is 9.59 Å². The van der Waals surface area contributed by atoms with E-state index in [2.05, 4.69) is 5.32 Å². The third-order valence-corrected chi connectivity index (χ3v) is 3.41. The highest BCUT2D eigenvalue weighted by Gasteiger charge is 2.34. The molecule has 0 fully saturated rings. The Hall–Kier alpha value is -2.17. The van der Waals surface area contributed by atoms with Crippen molar-refractivity contribution < 1.29 is 19.1 Å². The number of hydrogen-bond donors (Lipinski definition) is 1. The van der Waals surface area contributed by atoms with E-state index < -0.39 is 23.7 Å². The van der Waals surface area contributed by atoms with E-state index in [1.807, 2.05) is 25.1 Å². The normalized spacial score (nSPS) is 12.7. The quantitative estimate of drug-likeness (QED) is 0.845. The minimum atomic E-state index is -0.941. The molecule has 1 amide bonds. The summed E-state index contributed by atoms with van der Waals surface area (Å²) in [4.78, 5) is 36.1. The number of hydrogen-bond acceptors (Lipinski definition) is 4. The molecule has 0 aliphatic carbocycles. The van der Waals surface area contributed by atoms with Crippen LogP contribution in [0.25, 0.3) is 0 Å². The minimum absolute atomic E-state index is 0.290. The van der Waals surface area contributed by atoms with Crippen molar-refractivity contribution in [3.8, 4) is 0 Å². The number of amides is 1. The molecule has 23 heavy (non-hydrogen) atoms. The van der Waals surface area contributed by atoms with Crippen molar-refractivity contribution >= 4 is 17.7 Å². The van der Waals surface area contributed by atoms with Crippen LogP contribution in [0.2, 0.25) is 0 Å². The number of carbonyl (C=O) groups is 3. The number of ketones is 2. The molecule has 0 spiro atoms. The third-order valence-electron chi connectivity index (χ3n) is 3.41. The van der Waals surface area contributed by atoms with Crippen molar-refractivity contribution in [2.24, 2.45) is 5.92 Å². The van der Waals surface area contributed by atoms with Crippen LogP contribution >= 0.6 is 0 Å². The Labute approximate surface area is 137 Å². The number of alkyl carbamates (subject to hydrolysis) is 1. The summed E-state index contributed by atoms with van der Waals surface area (Å²) in [5.74, 6) is -1.52. The molecule has 0 aromatic heterocycles. The molecule has 126 valence electrons. The van der Waals surface area contributed by atoms with Gasteiger partial charge in [0.15, 0.2) is 0 Å². The Balaban J connectivity index is 3.22. The van der Waals surface area contributed by atoms with Crippen LogP contribution in [-0.2, 0) is 14.3 Å².